The zero-order valence-corrected chi connectivity index (χ0v) is 10.5. The third-order valence-electron chi connectivity index (χ3n) is 2.15. The van der Waals surface area contributed by atoms with Gasteiger partial charge in [0.15, 0.2) is 0 Å². The van der Waals surface area contributed by atoms with Crippen LogP contribution in [-0.4, -0.2) is 40.3 Å². The molecule has 1 atom stereocenters. The first-order valence-corrected chi connectivity index (χ1v) is 5.57. The Morgan fingerprint density at radius 1 is 1.63 bits per heavy atom. The second-order valence-electron chi connectivity index (χ2n) is 3.70. The average molecular weight is 270 g/mol. The zero-order valence-electron chi connectivity index (χ0n) is 10.5. The second kappa shape index (κ2) is 6.64. The summed E-state index contributed by atoms with van der Waals surface area (Å²) in [5.41, 5.74) is -0.750. The zero-order chi connectivity index (χ0) is 14.4. The van der Waals surface area contributed by atoms with Gasteiger partial charge in [-0.1, -0.05) is 0 Å². The van der Waals surface area contributed by atoms with Crippen LogP contribution in [0.1, 0.15) is 24.2 Å². The quantitative estimate of drug-likeness (QED) is 0.590. The van der Waals surface area contributed by atoms with Crippen molar-refractivity contribution in [3.8, 4) is 5.88 Å². The number of aromatic carboxylic acids is 1. The van der Waals surface area contributed by atoms with Gasteiger partial charge in [-0.15, -0.1) is 0 Å². The smallest absolute Gasteiger partial charge is 0.337 e. The molecule has 0 saturated carbocycles. The highest BCUT2D eigenvalue weighted by molar-refractivity contribution is 5.88. The van der Waals surface area contributed by atoms with Gasteiger partial charge in [0, 0.05) is 18.9 Å². The van der Waals surface area contributed by atoms with E-state index in [9.17, 15) is 14.9 Å². The van der Waals surface area contributed by atoms with Gasteiger partial charge < -0.3 is 14.6 Å². The molecule has 1 aromatic rings. The number of rotatable bonds is 7. The predicted molar refractivity (Wildman–Crippen MR) is 64.4 cm³/mol. The van der Waals surface area contributed by atoms with Crippen molar-refractivity contribution in [3.05, 3.63) is 27.9 Å². The number of carboxylic acid groups (broad SMARTS) is 1. The molecule has 0 spiro atoms. The van der Waals surface area contributed by atoms with Crippen LogP contribution in [0.2, 0.25) is 0 Å². The third-order valence-corrected chi connectivity index (χ3v) is 2.15. The normalized spacial score (nSPS) is 11.9. The average Bonchev–Trinajstić information content (AvgIpc) is 2.36. The van der Waals surface area contributed by atoms with Crippen LogP contribution < -0.4 is 4.74 Å². The lowest BCUT2D eigenvalue weighted by Gasteiger charge is -2.13. The van der Waals surface area contributed by atoms with Crippen molar-refractivity contribution in [1.29, 1.82) is 0 Å². The first-order valence-electron chi connectivity index (χ1n) is 5.57. The van der Waals surface area contributed by atoms with E-state index < -0.39 is 22.7 Å². The Hall–Kier alpha value is -2.22. The SMILES string of the molecule is CCOCC(C)Oc1ncc(C(=O)O)cc1[N+](=O)[O-]. The molecule has 0 bridgehead atoms. The van der Waals surface area contributed by atoms with Gasteiger partial charge in [0.05, 0.1) is 17.1 Å². The molecule has 104 valence electrons. The third kappa shape index (κ3) is 4.18. The van der Waals surface area contributed by atoms with Crippen molar-refractivity contribution in [2.24, 2.45) is 0 Å². The van der Waals surface area contributed by atoms with Crippen molar-refractivity contribution < 1.29 is 24.3 Å². The predicted octanol–water partition coefficient (Wildman–Crippen LogP) is 1.49. The van der Waals surface area contributed by atoms with E-state index in [1.54, 1.807) is 6.92 Å². The van der Waals surface area contributed by atoms with E-state index in [0.29, 0.717) is 6.61 Å². The van der Waals surface area contributed by atoms with Crippen LogP contribution in [-0.2, 0) is 4.74 Å². The summed E-state index contributed by atoms with van der Waals surface area (Å²) in [6, 6.07) is 0.915. The molecule has 0 saturated heterocycles. The molecule has 0 radical (unpaired) electrons. The lowest BCUT2D eigenvalue weighted by Crippen LogP contribution is -2.20. The van der Waals surface area contributed by atoms with Crippen LogP contribution in [0, 0.1) is 10.1 Å². The number of carbonyl (C=O) groups is 1. The number of hydrogen-bond acceptors (Lipinski definition) is 6. The Balaban J connectivity index is 2.94. The van der Waals surface area contributed by atoms with E-state index in [4.69, 9.17) is 14.6 Å². The Morgan fingerprint density at radius 2 is 2.32 bits per heavy atom. The molecular weight excluding hydrogens is 256 g/mol. The first kappa shape index (κ1) is 14.8. The molecular formula is C11H14N2O6. The highest BCUT2D eigenvalue weighted by atomic mass is 16.6. The number of nitrogens with zero attached hydrogens (tertiary/aromatic N) is 2. The van der Waals surface area contributed by atoms with Crippen LogP contribution in [0.3, 0.4) is 0 Å². The molecule has 1 aromatic heterocycles. The minimum atomic E-state index is -1.29. The van der Waals surface area contributed by atoms with E-state index >= 15 is 0 Å². The summed E-state index contributed by atoms with van der Waals surface area (Å²) in [5.74, 6) is -1.51. The molecule has 0 aliphatic rings. The number of hydrogen-bond donors (Lipinski definition) is 1. The molecule has 0 aliphatic carbocycles. The Bertz CT molecular complexity index is 476. The maximum absolute atomic E-state index is 10.9. The molecule has 19 heavy (non-hydrogen) atoms. The lowest BCUT2D eigenvalue weighted by molar-refractivity contribution is -0.386. The van der Waals surface area contributed by atoms with Gasteiger partial charge in [0.2, 0.25) is 0 Å². The van der Waals surface area contributed by atoms with Gasteiger partial charge >= 0.3 is 11.7 Å². The summed E-state index contributed by atoms with van der Waals surface area (Å²) >= 11 is 0. The molecule has 8 heteroatoms. The van der Waals surface area contributed by atoms with E-state index in [1.807, 2.05) is 6.92 Å². The van der Waals surface area contributed by atoms with Crippen LogP contribution in [0.25, 0.3) is 0 Å². The highest BCUT2D eigenvalue weighted by Crippen LogP contribution is 2.26. The fraction of sp³-hybridized carbons (Fsp3) is 0.455. The molecule has 0 amide bonds. The number of pyridine rings is 1. The maximum atomic E-state index is 10.9. The topological polar surface area (TPSA) is 112 Å². The molecule has 8 nitrogen and oxygen atoms in total. The Labute approximate surface area is 109 Å². The molecule has 1 heterocycles. The van der Waals surface area contributed by atoms with Crippen LogP contribution >= 0.6 is 0 Å². The molecule has 1 N–H and O–H groups in total. The monoisotopic (exact) mass is 270 g/mol. The van der Waals surface area contributed by atoms with Gasteiger partial charge in [0.25, 0.3) is 5.88 Å². The van der Waals surface area contributed by atoms with E-state index in [-0.39, 0.29) is 18.1 Å². The van der Waals surface area contributed by atoms with Crippen LogP contribution in [0.4, 0.5) is 5.69 Å². The standard InChI is InChI=1S/C11H14N2O6/c1-3-18-6-7(2)19-10-9(13(16)17)4-8(5-12-10)11(14)15/h4-5,7H,3,6H2,1-2H3,(H,14,15). The summed E-state index contributed by atoms with van der Waals surface area (Å²) in [6.07, 6.45) is 0.583. The first-order chi connectivity index (χ1) is 8.95. The highest BCUT2D eigenvalue weighted by Gasteiger charge is 2.21. The molecule has 0 aliphatic heterocycles. The second-order valence-corrected chi connectivity index (χ2v) is 3.70. The van der Waals surface area contributed by atoms with Crippen molar-refractivity contribution in [1.82, 2.24) is 4.98 Å². The number of ether oxygens (including phenoxy) is 2. The molecule has 1 rings (SSSR count). The maximum Gasteiger partial charge on any atom is 0.337 e. The van der Waals surface area contributed by atoms with Gasteiger partial charge in [-0.3, -0.25) is 10.1 Å². The summed E-state index contributed by atoms with van der Waals surface area (Å²) in [4.78, 5) is 24.5. The van der Waals surface area contributed by atoms with E-state index in [2.05, 4.69) is 4.98 Å². The van der Waals surface area contributed by atoms with E-state index in [0.717, 1.165) is 12.3 Å². The molecule has 0 fully saturated rings. The largest absolute Gasteiger partial charge is 0.478 e. The minimum absolute atomic E-state index is 0.220. The number of carboxylic acids is 1. The summed E-state index contributed by atoms with van der Waals surface area (Å²) in [6.45, 7) is 4.25. The van der Waals surface area contributed by atoms with Crippen LogP contribution in [0.15, 0.2) is 12.3 Å². The van der Waals surface area contributed by atoms with Gasteiger partial charge in [-0.2, -0.15) is 0 Å². The summed E-state index contributed by atoms with van der Waals surface area (Å²) in [7, 11) is 0. The number of nitro groups is 1. The van der Waals surface area contributed by atoms with Crippen molar-refractivity contribution >= 4 is 11.7 Å². The minimum Gasteiger partial charge on any atom is -0.478 e. The van der Waals surface area contributed by atoms with Crippen molar-refractivity contribution in [2.45, 2.75) is 20.0 Å². The van der Waals surface area contributed by atoms with Crippen LogP contribution in [0.5, 0.6) is 5.88 Å². The van der Waals surface area contributed by atoms with Gasteiger partial charge in [-0.25, -0.2) is 9.78 Å². The van der Waals surface area contributed by atoms with Crippen molar-refractivity contribution in [2.75, 3.05) is 13.2 Å². The molecule has 1 unspecified atom stereocenters. The summed E-state index contributed by atoms with van der Waals surface area (Å²) in [5, 5.41) is 19.6. The fourth-order valence-electron chi connectivity index (χ4n) is 1.29. The van der Waals surface area contributed by atoms with Gasteiger partial charge in [-0.05, 0) is 13.8 Å². The number of aromatic nitrogens is 1. The fourth-order valence-corrected chi connectivity index (χ4v) is 1.29. The lowest BCUT2D eigenvalue weighted by atomic mass is 10.2. The van der Waals surface area contributed by atoms with Gasteiger partial charge in [0.1, 0.15) is 6.10 Å². The van der Waals surface area contributed by atoms with E-state index in [1.165, 1.54) is 0 Å². The Morgan fingerprint density at radius 3 is 2.84 bits per heavy atom. The summed E-state index contributed by atoms with van der Waals surface area (Å²) < 4.78 is 10.4. The Kier molecular flexibility index (Phi) is 5.19. The molecule has 0 aromatic carbocycles. The van der Waals surface area contributed by atoms with Crippen molar-refractivity contribution in [3.63, 3.8) is 0 Å².